The van der Waals surface area contributed by atoms with Crippen molar-refractivity contribution in [3.63, 3.8) is 0 Å². The molecule has 0 aliphatic rings. The lowest BCUT2D eigenvalue weighted by atomic mass is 10.3. The Labute approximate surface area is 124 Å². The quantitative estimate of drug-likeness (QED) is 0.475. The highest BCUT2D eigenvalue weighted by molar-refractivity contribution is 7.99. The molecule has 0 saturated carbocycles. The summed E-state index contributed by atoms with van der Waals surface area (Å²) in [5.74, 6) is 0.976. The zero-order valence-corrected chi connectivity index (χ0v) is 13.1. The molecule has 100 valence electrons. The fraction of sp³-hybridized carbons (Fsp3) is 0.462. The molecule has 2 nitrogen and oxygen atoms in total. The van der Waals surface area contributed by atoms with Gasteiger partial charge in [0.1, 0.15) is 0 Å². The van der Waals surface area contributed by atoms with Crippen molar-refractivity contribution >= 4 is 40.7 Å². The van der Waals surface area contributed by atoms with Crippen molar-refractivity contribution in [3.8, 4) is 0 Å². The molecule has 1 aromatic carbocycles. The van der Waals surface area contributed by atoms with Crippen LogP contribution < -0.4 is 10.6 Å². The highest BCUT2D eigenvalue weighted by atomic mass is 35.5. The van der Waals surface area contributed by atoms with E-state index in [-0.39, 0.29) is 0 Å². The van der Waals surface area contributed by atoms with Gasteiger partial charge in [0.15, 0.2) is 5.11 Å². The van der Waals surface area contributed by atoms with Crippen LogP contribution >= 0.6 is 35.6 Å². The summed E-state index contributed by atoms with van der Waals surface area (Å²) in [6.45, 7) is 5.11. The van der Waals surface area contributed by atoms with E-state index in [0.717, 1.165) is 28.9 Å². The minimum Gasteiger partial charge on any atom is -0.362 e. The summed E-state index contributed by atoms with van der Waals surface area (Å²) in [7, 11) is 0. The molecule has 0 saturated heterocycles. The molecule has 0 heterocycles. The van der Waals surface area contributed by atoms with Gasteiger partial charge < -0.3 is 10.6 Å². The van der Waals surface area contributed by atoms with Gasteiger partial charge in [-0.25, -0.2) is 0 Å². The molecule has 18 heavy (non-hydrogen) atoms. The highest BCUT2D eigenvalue weighted by Crippen LogP contribution is 2.19. The van der Waals surface area contributed by atoms with Crippen LogP contribution in [0, 0.1) is 0 Å². The number of thioether (sulfide) groups is 1. The smallest absolute Gasteiger partial charge is 0.166 e. The van der Waals surface area contributed by atoms with Crippen molar-refractivity contribution in [3.05, 3.63) is 29.3 Å². The Morgan fingerprint density at radius 1 is 1.39 bits per heavy atom. The molecule has 0 spiro atoms. The topological polar surface area (TPSA) is 24.1 Å². The van der Waals surface area contributed by atoms with Gasteiger partial charge in [0.25, 0.3) is 0 Å². The number of benzene rings is 1. The van der Waals surface area contributed by atoms with E-state index in [2.05, 4.69) is 24.5 Å². The summed E-state index contributed by atoms with van der Waals surface area (Å²) < 4.78 is 0. The number of halogens is 1. The second-order valence-corrected chi connectivity index (χ2v) is 6.02. The van der Waals surface area contributed by atoms with Gasteiger partial charge in [-0.15, -0.1) is 11.8 Å². The van der Waals surface area contributed by atoms with Crippen molar-refractivity contribution in [2.45, 2.75) is 31.2 Å². The molecule has 0 bridgehead atoms. The minimum absolute atomic E-state index is 0.425. The number of hydrogen-bond acceptors (Lipinski definition) is 2. The lowest BCUT2D eigenvalue weighted by Crippen LogP contribution is -2.41. The molecule has 5 heteroatoms. The first-order valence-electron chi connectivity index (χ1n) is 6.04. The van der Waals surface area contributed by atoms with Crippen LogP contribution in [0.5, 0.6) is 0 Å². The van der Waals surface area contributed by atoms with Crippen molar-refractivity contribution in [2.75, 3.05) is 12.3 Å². The molecule has 0 unspecified atom stereocenters. The average molecular weight is 303 g/mol. The third kappa shape index (κ3) is 6.47. The van der Waals surface area contributed by atoms with Crippen LogP contribution in [0.15, 0.2) is 29.2 Å². The molecule has 0 amide bonds. The third-order valence-corrected chi connectivity index (χ3v) is 3.99. The Hall–Kier alpha value is -0.450. The average Bonchev–Trinajstić information content (AvgIpc) is 2.36. The van der Waals surface area contributed by atoms with Gasteiger partial charge in [0.2, 0.25) is 0 Å². The van der Waals surface area contributed by atoms with Crippen LogP contribution in [0.3, 0.4) is 0 Å². The van der Waals surface area contributed by atoms with E-state index >= 15 is 0 Å². The fourth-order valence-electron chi connectivity index (χ4n) is 1.24. The van der Waals surface area contributed by atoms with Crippen LogP contribution in [-0.4, -0.2) is 23.5 Å². The zero-order chi connectivity index (χ0) is 13.4. The van der Waals surface area contributed by atoms with E-state index in [4.69, 9.17) is 23.8 Å². The minimum atomic E-state index is 0.425. The lowest BCUT2D eigenvalue weighted by Gasteiger charge is -2.15. The molecule has 0 radical (unpaired) electrons. The van der Waals surface area contributed by atoms with E-state index in [0.29, 0.717) is 6.04 Å². The van der Waals surface area contributed by atoms with Crippen LogP contribution in [0.2, 0.25) is 5.02 Å². The van der Waals surface area contributed by atoms with Crippen molar-refractivity contribution in [1.29, 1.82) is 0 Å². The number of rotatable bonds is 6. The van der Waals surface area contributed by atoms with E-state index in [1.807, 2.05) is 24.3 Å². The Balaban J connectivity index is 2.15. The second-order valence-electron chi connectivity index (χ2n) is 4.01. The van der Waals surface area contributed by atoms with E-state index in [1.165, 1.54) is 4.90 Å². The molecule has 0 aliphatic carbocycles. The first kappa shape index (κ1) is 15.6. The number of nitrogens with one attached hydrogen (secondary N) is 2. The summed E-state index contributed by atoms with van der Waals surface area (Å²) in [5.41, 5.74) is 0. The molecule has 0 aromatic heterocycles. The molecular weight excluding hydrogens is 284 g/mol. The van der Waals surface area contributed by atoms with E-state index in [9.17, 15) is 0 Å². The molecule has 1 atom stereocenters. The van der Waals surface area contributed by atoms with Crippen LogP contribution in [-0.2, 0) is 0 Å². The summed E-state index contributed by atoms with van der Waals surface area (Å²) in [5, 5.41) is 7.94. The first-order chi connectivity index (χ1) is 8.61. The van der Waals surface area contributed by atoms with Gasteiger partial charge in [0, 0.05) is 28.3 Å². The van der Waals surface area contributed by atoms with Gasteiger partial charge in [-0.05, 0) is 49.8 Å². The molecule has 2 N–H and O–H groups in total. The predicted molar refractivity (Wildman–Crippen MR) is 85.7 cm³/mol. The Morgan fingerprint density at radius 3 is 2.67 bits per heavy atom. The SMILES string of the molecule is CC[C@@H](C)NC(=S)NCCSc1ccc(Cl)cc1. The molecule has 0 fully saturated rings. The van der Waals surface area contributed by atoms with Crippen molar-refractivity contribution in [2.24, 2.45) is 0 Å². The monoisotopic (exact) mass is 302 g/mol. The fourth-order valence-corrected chi connectivity index (χ4v) is 2.44. The maximum Gasteiger partial charge on any atom is 0.166 e. The number of thiocarbonyl (C=S) groups is 1. The van der Waals surface area contributed by atoms with E-state index in [1.54, 1.807) is 11.8 Å². The molecule has 1 aromatic rings. The second kappa shape index (κ2) is 8.62. The highest BCUT2D eigenvalue weighted by Gasteiger charge is 2.00. The molecule has 0 aliphatic heterocycles. The zero-order valence-electron chi connectivity index (χ0n) is 10.7. The van der Waals surface area contributed by atoms with Gasteiger partial charge in [0.05, 0.1) is 0 Å². The largest absolute Gasteiger partial charge is 0.362 e. The Bertz CT molecular complexity index is 368. The van der Waals surface area contributed by atoms with Crippen LogP contribution in [0.1, 0.15) is 20.3 Å². The summed E-state index contributed by atoms with van der Waals surface area (Å²) in [4.78, 5) is 1.22. The van der Waals surface area contributed by atoms with E-state index < -0.39 is 0 Å². The molecular formula is C13H19ClN2S2. The van der Waals surface area contributed by atoms with Gasteiger partial charge >= 0.3 is 0 Å². The van der Waals surface area contributed by atoms with Gasteiger partial charge in [-0.3, -0.25) is 0 Å². The lowest BCUT2D eigenvalue weighted by molar-refractivity contribution is 0.634. The maximum atomic E-state index is 5.83. The normalized spacial score (nSPS) is 11.9. The predicted octanol–water partition coefficient (Wildman–Crippen LogP) is 3.69. The number of hydrogen-bond donors (Lipinski definition) is 2. The Kier molecular flexibility index (Phi) is 7.47. The summed E-state index contributed by atoms with van der Waals surface area (Å²) in [6, 6.07) is 8.30. The third-order valence-electron chi connectivity index (χ3n) is 2.46. The van der Waals surface area contributed by atoms with Gasteiger partial charge in [-0.2, -0.15) is 0 Å². The van der Waals surface area contributed by atoms with Gasteiger partial charge in [-0.1, -0.05) is 18.5 Å². The first-order valence-corrected chi connectivity index (χ1v) is 7.81. The van der Waals surface area contributed by atoms with Crippen molar-refractivity contribution < 1.29 is 0 Å². The maximum absolute atomic E-state index is 5.83. The summed E-state index contributed by atoms with van der Waals surface area (Å²) in [6.07, 6.45) is 1.07. The van der Waals surface area contributed by atoms with Crippen LogP contribution in [0.4, 0.5) is 0 Å². The van der Waals surface area contributed by atoms with Crippen molar-refractivity contribution in [1.82, 2.24) is 10.6 Å². The molecule has 1 rings (SSSR count). The standard InChI is InChI=1S/C13H19ClN2S2/c1-3-10(2)16-13(17)15-8-9-18-12-6-4-11(14)5-7-12/h4-7,10H,3,8-9H2,1-2H3,(H2,15,16,17)/t10-/m1/s1. The Morgan fingerprint density at radius 2 is 2.06 bits per heavy atom. The summed E-state index contributed by atoms with van der Waals surface area (Å²) >= 11 is 12.8. The van der Waals surface area contributed by atoms with Crippen LogP contribution in [0.25, 0.3) is 0 Å².